The summed E-state index contributed by atoms with van der Waals surface area (Å²) in [7, 11) is 1.44. The molecule has 0 aromatic heterocycles. The van der Waals surface area contributed by atoms with Crippen LogP contribution in [0.25, 0.3) is 0 Å². The molecule has 1 N–H and O–H groups in total. The molecule has 6 heteroatoms. The number of carbonyl (C=O) groups is 3. The van der Waals surface area contributed by atoms with Crippen molar-refractivity contribution in [2.45, 2.75) is 39.0 Å². The quantitative estimate of drug-likeness (QED) is 0.762. The van der Waals surface area contributed by atoms with Crippen LogP contribution in [-0.4, -0.2) is 49.4 Å². The van der Waals surface area contributed by atoms with Crippen LogP contribution in [0.4, 0.5) is 0 Å². The van der Waals surface area contributed by atoms with Crippen molar-refractivity contribution in [1.29, 1.82) is 0 Å². The van der Waals surface area contributed by atoms with Crippen molar-refractivity contribution < 1.29 is 19.1 Å². The third kappa shape index (κ3) is 2.48. The fraction of sp³-hybridized carbons (Fsp3) is 0.812. The van der Waals surface area contributed by atoms with E-state index in [2.05, 4.69) is 5.32 Å². The first-order valence-electron chi connectivity index (χ1n) is 8.04. The molecule has 2 saturated heterocycles. The first-order chi connectivity index (χ1) is 10.4. The van der Waals surface area contributed by atoms with Crippen LogP contribution in [0.2, 0.25) is 0 Å². The minimum atomic E-state index is -0.482. The van der Waals surface area contributed by atoms with E-state index >= 15 is 0 Å². The van der Waals surface area contributed by atoms with Gasteiger partial charge in [0.15, 0.2) is 0 Å². The Labute approximate surface area is 130 Å². The summed E-state index contributed by atoms with van der Waals surface area (Å²) in [5.74, 6) is 0.0837. The summed E-state index contributed by atoms with van der Waals surface area (Å²) < 4.78 is 4.84. The van der Waals surface area contributed by atoms with Gasteiger partial charge in [0.05, 0.1) is 18.4 Å². The van der Waals surface area contributed by atoms with Gasteiger partial charge in [-0.3, -0.25) is 14.4 Å². The Balaban J connectivity index is 1.57. The van der Waals surface area contributed by atoms with Crippen LogP contribution in [0.3, 0.4) is 0 Å². The molecule has 0 radical (unpaired) electrons. The Morgan fingerprint density at radius 1 is 1.27 bits per heavy atom. The molecular formula is C16H24N2O4. The van der Waals surface area contributed by atoms with Crippen LogP contribution < -0.4 is 5.32 Å². The summed E-state index contributed by atoms with van der Waals surface area (Å²) in [6.45, 7) is 3.77. The number of piperidine rings is 2. The predicted octanol–water partition coefficient (Wildman–Crippen LogP) is 0.704. The monoisotopic (exact) mass is 308 g/mol. The van der Waals surface area contributed by atoms with Crippen LogP contribution in [0.5, 0.6) is 0 Å². The van der Waals surface area contributed by atoms with Gasteiger partial charge in [-0.1, -0.05) is 0 Å². The smallest absolute Gasteiger partial charge is 0.309 e. The second kappa shape index (κ2) is 5.25. The summed E-state index contributed by atoms with van der Waals surface area (Å²) in [6.07, 6.45) is 3.69. The molecule has 0 aromatic carbocycles. The topological polar surface area (TPSA) is 75.7 Å². The van der Waals surface area contributed by atoms with E-state index in [-0.39, 0.29) is 29.1 Å². The molecule has 0 unspecified atom stereocenters. The van der Waals surface area contributed by atoms with E-state index in [9.17, 15) is 14.4 Å². The van der Waals surface area contributed by atoms with E-state index in [1.165, 1.54) is 7.11 Å². The van der Waals surface area contributed by atoms with E-state index in [1.54, 1.807) is 0 Å². The van der Waals surface area contributed by atoms with Gasteiger partial charge in [-0.25, -0.2) is 0 Å². The third-order valence-corrected chi connectivity index (χ3v) is 5.82. The van der Waals surface area contributed by atoms with E-state index in [1.807, 2.05) is 11.8 Å². The average Bonchev–Trinajstić information content (AvgIpc) is 3.23. The van der Waals surface area contributed by atoms with E-state index in [4.69, 9.17) is 4.74 Å². The number of ether oxygens (including phenoxy) is 1. The number of amides is 2. The number of likely N-dealkylation sites (tertiary alicyclic amines) is 1. The van der Waals surface area contributed by atoms with Crippen molar-refractivity contribution in [2.75, 3.05) is 26.7 Å². The van der Waals surface area contributed by atoms with Crippen LogP contribution in [-0.2, 0) is 19.1 Å². The van der Waals surface area contributed by atoms with Crippen LogP contribution in [0.15, 0.2) is 0 Å². The van der Waals surface area contributed by atoms with Crippen molar-refractivity contribution in [3.05, 3.63) is 0 Å². The van der Waals surface area contributed by atoms with Gasteiger partial charge in [-0.2, -0.15) is 0 Å². The zero-order valence-electron chi connectivity index (χ0n) is 13.3. The lowest BCUT2D eigenvalue weighted by molar-refractivity contribution is -0.146. The first-order valence-corrected chi connectivity index (χ1v) is 8.04. The number of rotatable bonds is 2. The molecule has 0 bridgehead atoms. The SMILES string of the molecule is COC(=O)[C@@H]1CC12CCN(C(=O)[C@]1(C)CCC(=O)NC1)CC2. The standard InChI is InChI=1S/C16H24N2O4/c1-15(4-3-12(19)17-10-15)14(21)18-7-5-16(6-8-18)9-11(16)13(20)22-2/h11H,3-10H2,1-2H3,(H,17,19)/t11-,15+/m0/s1. The first kappa shape index (κ1) is 15.3. The maximum atomic E-state index is 12.8. The van der Waals surface area contributed by atoms with Crippen molar-refractivity contribution >= 4 is 17.8 Å². The maximum Gasteiger partial charge on any atom is 0.309 e. The number of esters is 1. The summed E-state index contributed by atoms with van der Waals surface area (Å²) >= 11 is 0. The van der Waals surface area contributed by atoms with Crippen LogP contribution >= 0.6 is 0 Å². The number of carbonyl (C=O) groups excluding carboxylic acids is 3. The second-order valence-corrected chi connectivity index (χ2v) is 7.27. The lowest BCUT2D eigenvalue weighted by atomic mass is 9.80. The highest BCUT2D eigenvalue weighted by molar-refractivity contribution is 5.86. The van der Waals surface area contributed by atoms with Gasteiger partial charge in [-0.15, -0.1) is 0 Å². The van der Waals surface area contributed by atoms with Crippen molar-refractivity contribution in [2.24, 2.45) is 16.7 Å². The molecule has 6 nitrogen and oxygen atoms in total. The van der Waals surface area contributed by atoms with E-state index in [0.29, 0.717) is 32.5 Å². The third-order valence-electron chi connectivity index (χ3n) is 5.82. The van der Waals surface area contributed by atoms with E-state index in [0.717, 1.165) is 19.3 Å². The number of nitrogens with zero attached hydrogens (tertiary/aromatic N) is 1. The summed E-state index contributed by atoms with van der Waals surface area (Å²) in [5, 5.41) is 2.80. The highest BCUT2D eigenvalue weighted by Crippen LogP contribution is 2.59. The number of methoxy groups -OCH3 is 1. The molecule has 2 amide bonds. The number of nitrogens with one attached hydrogen (secondary N) is 1. The minimum Gasteiger partial charge on any atom is -0.469 e. The summed E-state index contributed by atoms with van der Waals surface area (Å²) in [5.41, 5.74) is -0.407. The largest absolute Gasteiger partial charge is 0.469 e. The Morgan fingerprint density at radius 3 is 2.50 bits per heavy atom. The normalized spacial score (nSPS) is 33.3. The zero-order valence-corrected chi connectivity index (χ0v) is 13.3. The lowest BCUT2D eigenvalue weighted by Gasteiger charge is -2.40. The van der Waals surface area contributed by atoms with Crippen molar-refractivity contribution in [3.63, 3.8) is 0 Å². The highest BCUT2D eigenvalue weighted by Gasteiger charge is 2.59. The molecule has 0 aromatic rings. The number of hydrogen-bond acceptors (Lipinski definition) is 4. The van der Waals surface area contributed by atoms with Gasteiger partial charge < -0.3 is 15.0 Å². The Kier molecular flexibility index (Phi) is 3.65. The summed E-state index contributed by atoms with van der Waals surface area (Å²) in [6, 6.07) is 0. The van der Waals surface area contributed by atoms with Gasteiger partial charge in [0.25, 0.3) is 0 Å². The van der Waals surface area contributed by atoms with Gasteiger partial charge in [-0.05, 0) is 38.0 Å². The van der Waals surface area contributed by atoms with Crippen molar-refractivity contribution in [3.8, 4) is 0 Å². The second-order valence-electron chi connectivity index (χ2n) is 7.27. The molecule has 1 aliphatic carbocycles. The molecule has 2 atom stereocenters. The molecule has 1 saturated carbocycles. The molecule has 2 heterocycles. The summed E-state index contributed by atoms with van der Waals surface area (Å²) in [4.78, 5) is 37.6. The minimum absolute atomic E-state index is 0.0271. The van der Waals surface area contributed by atoms with Crippen molar-refractivity contribution in [1.82, 2.24) is 10.2 Å². The Hall–Kier alpha value is -1.59. The molecular weight excluding hydrogens is 284 g/mol. The number of hydrogen-bond donors (Lipinski definition) is 1. The molecule has 3 rings (SSSR count). The lowest BCUT2D eigenvalue weighted by Crippen LogP contribution is -2.53. The zero-order chi connectivity index (χ0) is 16.0. The Morgan fingerprint density at radius 2 is 1.95 bits per heavy atom. The van der Waals surface area contributed by atoms with Gasteiger partial charge in [0.2, 0.25) is 11.8 Å². The molecule has 122 valence electrons. The van der Waals surface area contributed by atoms with Gasteiger partial charge in [0, 0.05) is 26.1 Å². The van der Waals surface area contributed by atoms with Crippen LogP contribution in [0, 0.1) is 16.7 Å². The highest BCUT2D eigenvalue weighted by atomic mass is 16.5. The molecule has 3 fully saturated rings. The molecule has 2 aliphatic heterocycles. The molecule has 3 aliphatic rings. The Bertz CT molecular complexity index is 498. The fourth-order valence-corrected chi connectivity index (χ4v) is 3.96. The van der Waals surface area contributed by atoms with Crippen LogP contribution in [0.1, 0.15) is 39.0 Å². The average molecular weight is 308 g/mol. The fourth-order valence-electron chi connectivity index (χ4n) is 3.96. The van der Waals surface area contributed by atoms with Gasteiger partial charge >= 0.3 is 5.97 Å². The maximum absolute atomic E-state index is 12.8. The van der Waals surface area contributed by atoms with E-state index < -0.39 is 5.41 Å². The van der Waals surface area contributed by atoms with Gasteiger partial charge in [0.1, 0.15) is 0 Å². The predicted molar refractivity (Wildman–Crippen MR) is 78.7 cm³/mol. The molecule has 22 heavy (non-hydrogen) atoms. The molecule has 1 spiro atoms.